The van der Waals surface area contributed by atoms with Crippen LogP contribution in [0.1, 0.15) is 0 Å². The Morgan fingerprint density at radius 3 is 1.95 bits per heavy atom. The van der Waals surface area contributed by atoms with Gasteiger partial charge in [0, 0.05) is 20.8 Å². The Morgan fingerprint density at radius 1 is 0.737 bits per heavy atom. The predicted molar refractivity (Wildman–Crippen MR) is 79.9 cm³/mol. The molecule has 2 nitrogen and oxygen atoms in total. The molecule has 0 aromatic heterocycles. The molecule has 0 aliphatic carbocycles. The topological polar surface area (TPSA) is 40.5 Å². The zero-order valence-electron chi connectivity index (χ0n) is 9.97. The Morgan fingerprint density at radius 2 is 1.32 bits per heavy atom. The van der Waals surface area contributed by atoms with Gasteiger partial charge < -0.3 is 10.2 Å². The van der Waals surface area contributed by atoms with Gasteiger partial charge in [0.05, 0.1) is 12.5 Å². The van der Waals surface area contributed by atoms with Crippen molar-refractivity contribution in [1.82, 2.24) is 0 Å². The standard InChI is InChI=1S/C16H11ClO2/c17-15-7-3-6-12-13(8-18)10-4-1-2-5-11(10)14(9-19)16(12)15/h1-9,18-19H. The maximum Gasteiger partial charge on any atom is 0.0877 e. The van der Waals surface area contributed by atoms with Crippen molar-refractivity contribution in [3.63, 3.8) is 0 Å². The third kappa shape index (κ3) is 1.65. The van der Waals surface area contributed by atoms with Crippen LogP contribution in [0.15, 0.2) is 42.5 Å². The van der Waals surface area contributed by atoms with Gasteiger partial charge in [-0.2, -0.15) is 0 Å². The lowest BCUT2D eigenvalue weighted by atomic mass is 9.98. The number of rotatable bonds is 0. The van der Waals surface area contributed by atoms with Gasteiger partial charge in [-0.3, -0.25) is 0 Å². The van der Waals surface area contributed by atoms with Crippen molar-refractivity contribution in [2.75, 3.05) is 0 Å². The highest BCUT2D eigenvalue weighted by Gasteiger charge is 2.08. The van der Waals surface area contributed by atoms with Crippen LogP contribution in [-0.2, 0) is 0 Å². The normalized spacial score (nSPS) is 13.5. The minimum Gasteiger partial charge on any atom is -0.515 e. The number of halogens is 1. The predicted octanol–water partition coefficient (Wildman–Crippen LogP) is 3.24. The molecular weight excluding hydrogens is 260 g/mol. The molecule has 0 saturated carbocycles. The highest BCUT2D eigenvalue weighted by atomic mass is 35.5. The fraction of sp³-hybridized carbons (Fsp3) is 0. The Bertz CT molecular complexity index is 898. The zero-order valence-corrected chi connectivity index (χ0v) is 10.7. The van der Waals surface area contributed by atoms with Crippen molar-refractivity contribution >= 4 is 45.7 Å². The van der Waals surface area contributed by atoms with Gasteiger partial charge in [-0.25, -0.2) is 0 Å². The van der Waals surface area contributed by atoms with Crippen LogP contribution < -0.4 is 10.4 Å². The van der Waals surface area contributed by atoms with E-state index in [2.05, 4.69) is 0 Å². The Labute approximate surface area is 114 Å². The summed E-state index contributed by atoms with van der Waals surface area (Å²) in [4.78, 5) is 0. The van der Waals surface area contributed by atoms with Crippen molar-refractivity contribution in [2.24, 2.45) is 0 Å². The van der Waals surface area contributed by atoms with Crippen LogP contribution in [0.3, 0.4) is 0 Å². The third-order valence-corrected chi connectivity index (χ3v) is 3.65. The fourth-order valence-corrected chi connectivity index (χ4v) is 2.80. The SMILES string of the molecule is OC=c1c2ccccc2c(=CO)c2c(Cl)cccc12. The van der Waals surface area contributed by atoms with E-state index < -0.39 is 0 Å². The third-order valence-electron chi connectivity index (χ3n) is 3.34. The molecule has 0 atom stereocenters. The lowest BCUT2D eigenvalue weighted by Gasteiger charge is -2.07. The number of benzene rings is 3. The molecule has 3 heteroatoms. The maximum atomic E-state index is 9.57. The molecule has 0 bridgehead atoms. The highest BCUT2D eigenvalue weighted by molar-refractivity contribution is 6.36. The van der Waals surface area contributed by atoms with E-state index in [4.69, 9.17) is 11.6 Å². The van der Waals surface area contributed by atoms with Crippen LogP contribution in [-0.4, -0.2) is 10.2 Å². The summed E-state index contributed by atoms with van der Waals surface area (Å²) in [5, 5.41) is 24.3. The molecule has 2 N–H and O–H groups in total. The van der Waals surface area contributed by atoms with Gasteiger partial charge in [-0.05, 0) is 22.2 Å². The zero-order chi connectivity index (χ0) is 13.4. The first-order valence-electron chi connectivity index (χ1n) is 5.85. The van der Waals surface area contributed by atoms with Crippen LogP contribution in [0.5, 0.6) is 0 Å². The Hall–Kier alpha value is -2.19. The quantitative estimate of drug-likeness (QED) is 0.616. The summed E-state index contributed by atoms with van der Waals surface area (Å²) in [5.41, 5.74) is 0. The molecule has 3 rings (SSSR count). The second-order valence-electron chi connectivity index (χ2n) is 4.29. The second kappa shape index (κ2) is 4.48. The van der Waals surface area contributed by atoms with E-state index in [9.17, 15) is 10.2 Å². The summed E-state index contributed by atoms with van der Waals surface area (Å²) in [6.45, 7) is 0. The van der Waals surface area contributed by atoms with Gasteiger partial charge in [-0.1, -0.05) is 48.0 Å². The summed E-state index contributed by atoms with van der Waals surface area (Å²) >= 11 is 6.24. The number of fused-ring (bicyclic) bond motifs is 2. The highest BCUT2D eigenvalue weighted by Crippen LogP contribution is 2.20. The minimum atomic E-state index is 0.548. The largest absolute Gasteiger partial charge is 0.515 e. The molecule has 3 aromatic rings. The van der Waals surface area contributed by atoms with E-state index in [1.165, 1.54) is 0 Å². The molecule has 0 radical (unpaired) electrons. The summed E-state index contributed by atoms with van der Waals surface area (Å²) in [6, 6.07) is 13.1. The second-order valence-corrected chi connectivity index (χ2v) is 4.70. The number of aliphatic hydroxyl groups excluding tert-OH is 2. The molecule has 0 fully saturated rings. The molecular formula is C16H11ClO2. The average Bonchev–Trinajstić information content (AvgIpc) is 2.45. The van der Waals surface area contributed by atoms with E-state index in [1.807, 2.05) is 36.4 Å². The summed E-state index contributed by atoms with van der Waals surface area (Å²) < 4.78 is 0. The molecule has 0 amide bonds. The fourth-order valence-electron chi connectivity index (χ4n) is 2.53. The molecule has 0 aliphatic heterocycles. The Kier molecular flexibility index (Phi) is 2.80. The minimum absolute atomic E-state index is 0.548. The van der Waals surface area contributed by atoms with Crippen molar-refractivity contribution in [1.29, 1.82) is 0 Å². The van der Waals surface area contributed by atoms with Crippen LogP contribution in [0.2, 0.25) is 5.02 Å². The molecule has 0 unspecified atom stereocenters. The van der Waals surface area contributed by atoms with Crippen LogP contribution >= 0.6 is 11.6 Å². The van der Waals surface area contributed by atoms with Crippen molar-refractivity contribution < 1.29 is 10.2 Å². The maximum absolute atomic E-state index is 9.57. The summed E-state index contributed by atoms with van der Waals surface area (Å²) in [6.07, 6.45) is 2.15. The lowest BCUT2D eigenvalue weighted by molar-refractivity contribution is 0.540. The smallest absolute Gasteiger partial charge is 0.0877 e. The van der Waals surface area contributed by atoms with Crippen LogP contribution in [0.4, 0.5) is 0 Å². The van der Waals surface area contributed by atoms with Crippen molar-refractivity contribution in [3.8, 4) is 0 Å². The van der Waals surface area contributed by atoms with E-state index in [1.54, 1.807) is 6.07 Å². The van der Waals surface area contributed by atoms with E-state index in [0.29, 0.717) is 15.5 Å². The van der Waals surface area contributed by atoms with Gasteiger partial charge in [0.2, 0.25) is 0 Å². The van der Waals surface area contributed by atoms with Gasteiger partial charge in [0.15, 0.2) is 0 Å². The number of hydrogen-bond acceptors (Lipinski definition) is 2. The molecule has 0 aliphatic rings. The lowest BCUT2D eigenvalue weighted by Crippen LogP contribution is -2.15. The van der Waals surface area contributed by atoms with Crippen LogP contribution in [0.25, 0.3) is 34.1 Å². The molecule has 19 heavy (non-hydrogen) atoms. The summed E-state index contributed by atoms with van der Waals surface area (Å²) in [7, 11) is 0. The van der Waals surface area contributed by atoms with Crippen molar-refractivity contribution in [2.45, 2.75) is 0 Å². The van der Waals surface area contributed by atoms with Gasteiger partial charge in [-0.15, -0.1) is 0 Å². The molecule has 94 valence electrons. The molecule has 3 aromatic carbocycles. The monoisotopic (exact) mass is 270 g/mol. The number of aliphatic hydroxyl groups is 2. The molecule has 0 heterocycles. The average molecular weight is 271 g/mol. The molecule has 0 saturated heterocycles. The Balaban J connectivity index is 2.84. The number of hydrogen-bond donors (Lipinski definition) is 2. The van der Waals surface area contributed by atoms with E-state index in [0.717, 1.165) is 34.1 Å². The van der Waals surface area contributed by atoms with Gasteiger partial charge in [0.1, 0.15) is 0 Å². The van der Waals surface area contributed by atoms with Gasteiger partial charge >= 0.3 is 0 Å². The molecule has 0 spiro atoms. The summed E-state index contributed by atoms with van der Waals surface area (Å²) in [5.74, 6) is 0. The van der Waals surface area contributed by atoms with Crippen LogP contribution in [0, 0.1) is 0 Å². The first-order valence-corrected chi connectivity index (χ1v) is 6.23. The van der Waals surface area contributed by atoms with E-state index >= 15 is 0 Å². The first kappa shape index (κ1) is 11.9. The van der Waals surface area contributed by atoms with E-state index in [-0.39, 0.29) is 0 Å². The van der Waals surface area contributed by atoms with Gasteiger partial charge in [0.25, 0.3) is 0 Å². The van der Waals surface area contributed by atoms with Crippen molar-refractivity contribution in [3.05, 3.63) is 57.9 Å². The first-order chi connectivity index (χ1) is 9.27.